The Hall–Kier alpha value is -3.54. The van der Waals surface area contributed by atoms with E-state index in [-0.39, 0.29) is 5.78 Å². The van der Waals surface area contributed by atoms with Gasteiger partial charge in [0.1, 0.15) is 0 Å². The van der Waals surface area contributed by atoms with Crippen LogP contribution in [0.15, 0.2) is 65.8 Å². The zero-order valence-electron chi connectivity index (χ0n) is 19.3. The van der Waals surface area contributed by atoms with E-state index >= 15 is 0 Å². The van der Waals surface area contributed by atoms with E-state index in [1.165, 1.54) is 0 Å². The van der Waals surface area contributed by atoms with Crippen LogP contribution in [0.3, 0.4) is 0 Å². The standard InChI is InChI=1S/C15H23N3O.C11H9NO/c1-4-10-18(11-5-2)15(16-3)17-14-9-7-6-8-13(14)12-19;1-8(13)10-5-4-9-3-2-6-12-11(9)7-10/h6-9,12H,4-5,10-11H2,1-3H3,(H,16,17);2-7H,1H3. The van der Waals surface area contributed by atoms with E-state index in [1.807, 2.05) is 48.5 Å². The number of pyridine rings is 1. The predicted octanol–water partition coefficient (Wildman–Crippen LogP) is 5.46. The summed E-state index contributed by atoms with van der Waals surface area (Å²) in [5.74, 6) is 0.894. The van der Waals surface area contributed by atoms with Gasteiger partial charge in [0.25, 0.3) is 0 Å². The maximum absolute atomic E-state index is 11.1. The van der Waals surface area contributed by atoms with Crippen molar-refractivity contribution in [2.75, 3.05) is 25.5 Å². The van der Waals surface area contributed by atoms with E-state index in [2.05, 4.69) is 34.0 Å². The number of benzene rings is 2. The van der Waals surface area contributed by atoms with Crippen LogP contribution in [0.5, 0.6) is 0 Å². The van der Waals surface area contributed by atoms with Gasteiger partial charge in [-0.05, 0) is 44.0 Å². The summed E-state index contributed by atoms with van der Waals surface area (Å²) in [5.41, 5.74) is 3.04. The minimum atomic E-state index is 0.0764. The Morgan fingerprint density at radius 2 is 1.78 bits per heavy atom. The number of hydrogen-bond acceptors (Lipinski definition) is 4. The summed E-state index contributed by atoms with van der Waals surface area (Å²) >= 11 is 0. The summed E-state index contributed by atoms with van der Waals surface area (Å²) in [6.07, 6.45) is 4.72. The summed E-state index contributed by atoms with van der Waals surface area (Å²) in [6.45, 7) is 7.77. The highest BCUT2D eigenvalue weighted by atomic mass is 16.1. The SMILES string of the molecule is CC(=O)c1ccc2cccnc2c1.CCCN(CCC)C(=NC)Nc1ccccc1C=O. The molecule has 0 aliphatic heterocycles. The molecule has 3 aromatic rings. The lowest BCUT2D eigenvalue weighted by atomic mass is 10.1. The molecule has 0 amide bonds. The normalized spacial score (nSPS) is 10.8. The van der Waals surface area contributed by atoms with Crippen LogP contribution in [0.25, 0.3) is 10.9 Å². The van der Waals surface area contributed by atoms with Crippen LogP contribution < -0.4 is 5.32 Å². The lowest BCUT2D eigenvalue weighted by Crippen LogP contribution is -2.37. The van der Waals surface area contributed by atoms with Crippen LogP contribution in [0, 0.1) is 0 Å². The van der Waals surface area contributed by atoms with Crippen LogP contribution in [0.1, 0.15) is 54.3 Å². The van der Waals surface area contributed by atoms with Gasteiger partial charge >= 0.3 is 0 Å². The number of anilines is 1. The molecule has 168 valence electrons. The van der Waals surface area contributed by atoms with Crippen molar-refractivity contribution >= 4 is 34.6 Å². The number of guanidine groups is 1. The maximum atomic E-state index is 11.1. The van der Waals surface area contributed by atoms with Crippen LogP contribution >= 0.6 is 0 Å². The number of hydrogen-bond donors (Lipinski definition) is 1. The summed E-state index contributed by atoms with van der Waals surface area (Å²) in [6, 6.07) is 16.9. The van der Waals surface area contributed by atoms with Crippen molar-refractivity contribution in [2.24, 2.45) is 4.99 Å². The Balaban J connectivity index is 0.000000242. The second-order valence-electron chi connectivity index (χ2n) is 7.33. The zero-order valence-corrected chi connectivity index (χ0v) is 19.3. The van der Waals surface area contributed by atoms with Gasteiger partial charge in [0.2, 0.25) is 0 Å². The molecule has 1 heterocycles. The lowest BCUT2D eigenvalue weighted by molar-refractivity contribution is 0.101. The molecule has 6 heteroatoms. The van der Waals surface area contributed by atoms with Gasteiger partial charge < -0.3 is 10.2 Å². The summed E-state index contributed by atoms with van der Waals surface area (Å²) in [4.78, 5) is 32.8. The molecule has 32 heavy (non-hydrogen) atoms. The minimum Gasteiger partial charge on any atom is -0.343 e. The third kappa shape index (κ3) is 7.01. The highest BCUT2D eigenvalue weighted by Crippen LogP contribution is 2.14. The average molecular weight is 433 g/mol. The van der Waals surface area contributed by atoms with Crippen molar-refractivity contribution in [3.8, 4) is 0 Å². The topological polar surface area (TPSA) is 74.7 Å². The molecule has 0 radical (unpaired) electrons. The molecule has 1 aromatic heterocycles. The number of fused-ring (bicyclic) bond motifs is 1. The first-order valence-electron chi connectivity index (χ1n) is 10.9. The number of nitrogens with one attached hydrogen (secondary N) is 1. The Bertz CT molecular complexity index is 1060. The van der Waals surface area contributed by atoms with E-state index < -0.39 is 0 Å². The Morgan fingerprint density at radius 1 is 1.06 bits per heavy atom. The number of aromatic nitrogens is 1. The van der Waals surface area contributed by atoms with Crippen LogP contribution in [-0.2, 0) is 0 Å². The lowest BCUT2D eigenvalue weighted by Gasteiger charge is -2.26. The van der Waals surface area contributed by atoms with Crippen LogP contribution in [0.4, 0.5) is 5.69 Å². The third-order valence-corrected chi connectivity index (χ3v) is 4.85. The number of aliphatic imine (C=N–C) groups is 1. The fourth-order valence-electron chi connectivity index (χ4n) is 3.26. The van der Waals surface area contributed by atoms with E-state index in [1.54, 1.807) is 26.2 Å². The van der Waals surface area contributed by atoms with Gasteiger partial charge in [0.15, 0.2) is 18.0 Å². The average Bonchev–Trinajstić information content (AvgIpc) is 2.82. The first kappa shape index (κ1) is 24.7. The van der Waals surface area contributed by atoms with Gasteiger partial charge in [-0.1, -0.05) is 44.2 Å². The van der Waals surface area contributed by atoms with Crippen molar-refractivity contribution < 1.29 is 9.59 Å². The Morgan fingerprint density at radius 3 is 2.41 bits per heavy atom. The van der Waals surface area contributed by atoms with Crippen molar-refractivity contribution in [1.82, 2.24) is 9.88 Å². The second-order valence-corrected chi connectivity index (χ2v) is 7.33. The second kappa shape index (κ2) is 13.0. The number of aldehydes is 1. The van der Waals surface area contributed by atoms with Gasteiger partial charge in [0, 0.05) is 42.8 Å². The number of rotatable bonds is 7. The quantitative estimate of drug-likeness (QED) is 0.232. The number of para-hydroxylation sites is 1. The maximum Gasteiger partial charge on any atom is 0.198 e. The van der Waals surface area contributed by atoms with Gasteiger partial charge in [-0.2, -0.15) is 0 Å². The van der Waals surface area contributed by atoms with Crippen molar-refractivity contribution in [3.05, 3.63) is 71.9 Å². The number of carbonyl (C=O) groups excluding carboxylic acids is 2. The van der Waals surface area contributed by atoms with Crippen molar-refractivity contribution in [3.63, 3.8) is 0 Å². The first-order chi connectivity index (χ1) is 15.5. The van der Waals surface area contributed by atoms with Crippen LogP contribution in [-0.4, -0.2) is 48.1 Å². The monoisotopic (exact) mass is 432 g/mol. The number of carbonyl (C=O) groups is 2. The highest BCUT2D eigenvalue weighted by molar-refractivity contribution is 5.98. The predicted molar refractivity (Wildman–Crippen MR) is 133 cm³/mol. The molecule has 0 spiro atoms. The molecule has 0 aliphatic rings. The van der Waals surface area contributed by atoms with E-state index in [4.69, 9.17) is 0 Å². The summed E-state index contributed by atoms with van der Waals surface area (Å²) in [5, 5.41) is 4.33. The molecule has 0 aliphatic carbocycles. The largest absolute Gasteiger partial charge is 0.343 e. The molecule has 0 saturated heterocycles. The van der Waals surface area contributed by atoms with Gasteiger partial charge in [-0.3, -0.25) is 19.6 Å². The number of nitrogens with zero attached hydrogens (tertiary/aromatic N) is 3. The smallest absolute Gasteiger partial charge is 0.198 e. The minimum absolute atomic E-state index is 0.0764. The molecular weight excluding hydrogens is 400 g/mol. The fraction of sp³-hybridized carbons (Fsp3) is 0.308. The number of ketones is 1. The molecule has 0 saturated carbocycles. The van der Waals surface area contributed by atoms with Crippen molar-refractivity contribution in [1.29, 1.82) is 0 Å². The molecule has 0 fully saturated rings. The van der Waals surface area contributed by atoms with Gasteiger partial charge in [-0.25, -0.2) is 0 Å². The molecule has 1 N–H and O–H groups in total. The number of Topliss-reactive ketones (excluding diaryl/α,β-unsaturated/α-hetero) is 1. The van der Waals surface area contributed by atoms with E-state index in [0.29, 0.717) is 11.1 Å². The molecule has 6 nitrogen and oxygen atoms in total. The fourth-order valence-corrected chi connectivity index (χ4v) is 3.26. The molecule has 0 bridgehead atoms. The molecular formula is C26H32N4O2. The highest BCUT2D eigenvalue weighted by Gasteiger charge is 2.10. The van der Waals surface area contributed by atoms with Crippen LogP contribution in [0.2, 0.25) is 0 Å². The van der Waals surface area contributed by atoms with Crippen molar-refractivity contribution in [2.45, 2.75) is 33.6 Å². The van der Waals surface area contributed by atoms with E-state index in [0.717, 1.165) is 54.8 Å². The Labute approximate surface area is 190 Å². The molecule has 3 rings (SSSR count). The van der Waals surface area contributed by atoms with Gasteiger partial charge in [0.05, 0.1) is 11.2 Å². The molecule has 2 aromatic carbocycles. The van der Waals surface area contributed by atoms with E-state index in [9.17, 15) is 9.59 Å². The first-order valence-corrected chi connectivity index (χ1v) is 10.9. The molecule has 0 atom stereocenters. The third-order valence-electron chi connectivity index (χ3n) is 4.85. The van der Waals surface area contributed by atoms with Gasteiger partial charge in [-0.15, -0.1) is 0 Å². The summed E-state index contributed by atoms with van der Waals surface area (Å²) < 4.78 is 0. The molecule has 0 unspecified atom stereocenters. The zero-order chi connectivity index (χ0) is 23.3. The summed E-state index contributed by atoms with van der Waals surface area (Å²) in [7, 11) is 1.77. The Kier molecular flexibility index (Phi) is 10.0.